The summed E-state index contributed by atoms with van der Waals surface area (Å²) in [6, 6.07) is 0.397. The zero-order valence-electron chi connectivity index (χ0n) is 9.80. The summed E-state index contributed by atoms with van der Waals surface area (Å²) in [6.45, 7) is 5.82. The molecule has 0 aromatic carbocycles. The van der Waals surface area contributed by atoms with Gasteiger partial charge in [-0.15, -0.1) is 0 Å². The first-order chi connectivity index (χ1) is 7.79. The lowest BCUT2D eigenvalue weighted by atomic mass is 10.1. The zero-order chi connectivity index (χ0) is 11.4. The lowest BCUT2D eigenvalue weighted by Gasteiger charge is -2.39. The fourth-order valence-electron chi connectivity index (χ4n) is 2.15. The SMILES string of the molecule is CC1COC(CO)CN1CC1CCOCO1. The first-order valence-electron chi connectivity index (χ1n) is 5.95. The molecule has 0 radical (unpaired) electrons. The summed E-state index contributed by atoms with van der Waals surface area (Å²) < 4.78 is 16.2. The largest absolute Gasteiger partial charge is 0.394 e. The molecule has 0 spiro atoms. The predicted molar refractivity (Wildman–Crippen MR) is 58.2 cm³/mol. The maximum absolute atomic E-state index is 9.10. The van der Waals surface area contributed by atoms with Gasteiger partial charge in [-0.2, -0.15) is 0 Å². The van der Waals surface area contributed by atoms with Gasteiger partial charge in [-0.25, -0.2) is 0 Å². The van der Waals surface area contributed by atoms with E-state index >= 15 is 0 Å². The van der Waals surface area contributed by atoms with Crippen molar-refractivity contribution in [2.45, 2.75) is 31.6 Å². The van der Waals surface area contributed by atoms with Crippen molar-refractivity contribution in [3.05, 3.63) is 0 Å². The van der Waals surface area contributed by atoms with Crippen LogP contribution in [0.3, 0.4) is 0 Å². The van der Waals surface area contributed by atoms with E-state index in [1.165, 1.54) is 0 Å². The fourth-order valence-corrected chi connectivity index (χ4v) is 2.15. The molecule has 0 bridgehead atoms. The van der Waals surface area contributed by atoms with Gasteiger partial charge in [0.15, 0.2) is 0 Å². The number of hydrogen-bond donors (Lipinski definition) is 1. The van der Waals surface area contributed by atoms with Gasteiger partial charge in [0.05, 0.1) is 32.0 Å². The van der Waals surface area contributed by atoms with E-state index < -0.39 is 0 Å². The molecular weight excluding hydrogens is 210 g/mol. The third kappa shape index (κ3) is 3.15. The van der Waals surface area contributed by atoms with E-state index in [9.17, 15) is 0 Å². The number of morpholine rings is 1. The topological polar surface area (TPSA) is 51.2 Å². The lowest BCUT2D eigenvalue weighted by Crippen LogP contribution is -2.52. The Labute approximate surface area is 96.3 Å². The maximum atomic E-state index is 9.10. The molecule has 3 atom stereocenters. The van der Waals surface area contributed by atoms with E-state index in [2.05, 4.69) is 11.8 Å². The first-order valence-corrected chi connectivity index (χ1v) is 5.95. The number of ether oxygens (including phenoxy) is 3. The molecule has 94 valence electrons. The average molecular weight is 231 g/mol. The Morgan fingerprint density at radius 3 is 2.88 bits per heavy atom. The molecule has 2 aliphatic rings. The molecule has 0 saturated carbocycles. The van der Waals surface area contributed by atoms with Crippen molar-refractivity contribution >= 4 is 0 Å². The highest BCUT2D eigenvalue weighted by atomic mass is 16.7. The second-order valence-electron chi connectivity index (χ2n) is 4.54. The summed E-state index contributed by atoms with van der Waals surface area (Å²) in [5, 5.41) is 9.10. The van der Waals surface area contributed by atoms with Crippen molar-refractivity contribution in [3.63, 3.8) is 0 Å². The third-order valence-electron chi connectivity index (χ3n) is 3.25. The van der Waals surface area contributed by atoms with Crippen LogP contribution in [0.1, 0.15) is 13.3 Å². The molecule has 5 nitrogen and oxygen atoms in total. The lowest BCUT2D eigenvalue weighted by molar-refractivity contribution is -0.156. The maximum Gasteiger partial charge on any atom is 0.147 e. The van der Waals surface area contributed by atoms with Crippen LogP contribution >= 0.6 is 0 Å². The summed E-state index contributed by atoms with van der Waals surface area (Å²) in [4.78, 5) is 2.33. The molecule has 0 aliphatic carbocycles. The fraction of sp³-hybridized carbons (Fsp3) is 1.00. The van der Waals surface area contributed by atoms with Crippen molar-refractivity contribution in [3.8, 4) is 0 Å². The quantitative estimate of drug-likeness (QED) is 0.731. The molecule has 2 rings (SSSR count). The third-order valence-corrected chi connectivity index (χ3v) is 3.25. The molecule has 2 saturated heterocycles. The van der Waals surface area contributed by atoms with Crippen molar-refractivity contribution < 1.29 is 19.3 Å². The standard InChI is InChI=1S/C11H21NO4/c1-9-7-15-11(6-13)5-12(9)4-10-2-3-14-8-16-10/h9-11,13H,2-8H2,1H3. The van der Waals surface area contributed by atoms with Crippen LogP contribution in [0.5, 0.6) is 0 Å². The summed E-state index contributed by atoms with van der Waals surface area (Å²) in [7, 11) is 0. The molecule has 16 heavy (non-hydrogen) atoms. The Morgan fingerprint density at radius 1 is 1.31 bits per heavy atom. The first kappa shape index (κ1) is 12.3. The minimum Gasteiger partial charge on any atom is -0.394 e. The number of aliphatic hydroxyl groups excluding tert-OH is 1. The van der Waals surface area contributed by atoms with E-state index in [0.29, 0.717) is 19.4 Å². The van der Waals surface area contributed by atoms with Gasteiger partial charge >= 0.3 is 0 Å². The van der Waals surface area contributed by atoms with Crippen LogP contribution < -0.4 is 0 Å². The van der Waals surface area contributed by atoms with Crippen LogP contribution in [0.4, 0.5) is 0 Å². The molecular formula is C11H21NO4. The van der Waals surface area contributed by atoms with Crippen molar-refractivity contribution in [1.29, 1.82) is 0 Å². The highest BCUT2D eigenvalue weighted by molar-refractivity contribution is 4.79. The number of aliphatic hydroxyl groups is 1. The molecule has 2 aliphatic heterocycles. The minimum absolute atomic E-state index is 0.0453. The van der Waals surface area contributed by atoms with Gasteiger partial charge in [-0.05, 0) is 13.3 Å². The van der Waals surface area contributed by atoms with Gasteiger partial charge in [0.2, 0.25) is 0 Å². The van der Waals surface area contributed by atoms with Crippen LogP contribution in [-0.4, -0.2) is 68.0 Å². The molecule has 0 aromatic rings. The Bertz CT molecular complexity index is 208. The highest BCUT2D eigenvalue weighted by Gasteiger charge is 2.28. The highest BCUT2D eigenvalue weighted by Crippen LogP contribution is 2.15. The second-order valence-corrected chi connectivity index (χ2v) is 4.54. The predicted octanol–water partition coefficient (Wildman–Crippen LogP) is -0.169. The number of hydrogen-bond acceptors (Lipinski definition) is 5. The zero-order valence-corrected chi connectivity index (χ0v) is 9.80. The summed E-state index contributed by atoms with van der Waals surface area (Å²) in [5.74, 6) is 0. The Kier molecular flexibility index (Phi) is 4.55. The van der Waals surface area contributed by atoms with Crippen LogP contribution in [0.2, 0.25) is 0 Å². The van der Waals surface area contributed by atoms with Crippen LogP contribution in [-0.2, 0) is 14.2 Å². The molecule has 0 amide bonds. The van der Waals surface area contributed by atoms with E-state index in [-0.39, 0.29) is 18.8 Å². The minimum atomic E-state index is -0.0453. The van der Waals surface area contributed by atoms with E-state index in [1.807, 2.05) is 0 Å². The van der Waals surface area contributed by atoms with Crippen molar-refractivity contribution in [2.75, 3.05) is 39.7 Å². The van der Waals surface area contributed by atoms with Gasteiger partial charge in [0.1, 0.15) is 6.79 Å². The molecule has 3 unspecified atom stereocenters. The Hall–Kier alpha value is -0.200. The van der Waals surface area contributed by atoms with Crippen molar-refractivity contribution in [1.82, 2.24) is 4.90 Å². The van der Waals surface area contributed by atoms with Crippen LogP contribution in [0.15, 0.2) is 0 Å². The molecule has 0 aromatic heterocycles. The van der Waals surface area contributed by atoms with Gasteiger partial charge in [0, 0.05) is 19.1 Å². The van der Waals surface area contributed by atoms with Gasteiger partial charge in [0.25, 0.3) is 0 Å². The second kappa shape index (κ2) is 5.93. The molecule has 2 fully saturated rings. The number of rotatable bonds is 3. The molecule has 5 heteroatoms. The average Bonchev–Trinajstić information content (AvgIpc) is 2.33. The van der Waals surface area contributed by atoms with Crippen LogP contribution in [0.25, 0.3) is 0 Å². The van der Waals surface area contributed by atoms with Gasteiger partial charge in [-0.1, -0.05) is 0 Å². The normalized spacial score (nSPS) is 37.5. The van der Waals surface area contributed by atoms with Gasteiger partial charge in [-0.3, -0.25) is 4.90 Å². The summed E-state index contributed by atoms with van der Waals surface area (Å²) >= 11 is 0. The van der Waals surface area contributed by atoms with Crippen molar-refractivity contribution in [2.24, 2.45) is 0 Å². The number of nitrogens with zero attached hydrogens (tertiary/aromatic N) is 1. The Morgan fingerprint density at radius 2 is 2.19 bits per heavy atom. The monoisotopic (exact) mass is 231 g/mol. The molecule has 1 N–H and O–H groups in total. The Balaban J connectivity index is 1.81. The smallest absolute Gasteiger partial charge is 0.147 e. The van der Waals surface area contributed by atoms with Gasteiger partial charge < -0.3 is 19.3 Å². The van der Waals surface area contributed by atoms with Crippen LogP contribution in [0, 0.1) is 0 Å². The van der Waals surface area contributed by atoms with E-state index in [0.717, 1.165) is 26.1 Å². The summed E-state index contributed by atoms with van der Waals surface area (Å²) in [6.07, 6.45) is 1.16. The summed E-state index contributed by atoms with van der Waals surface area (Å²) in [5.41, 5.74) is 0. The molecule has 2 heterocycles. The van der Waals surface area contributed by atoms with E-state index in [4.69, 9.17) is 19.3 Å². The van der Waals surface area contributed by atoms with E-state index in [1.54, 1.807) is 0 Å².